The Hall–Kier alpha value is -2.92. The SMILES string of the molecule is CCOC(=O)CN(Cc1ccccc1CN1CCCC1)c1nc(SC)nc(N)c1[N+](=O)[O-]. The first-order chi connectivity index (χ1) is 15.4. The molecule has 0 radical (unpaired) electrons. The van der Waals surface area contributed by atoms with Crippen LogP contribution in [0.25, 0.3) is 0 Å². The Balaban J connectivity index is 2.01. The monoisotopic (exact) mass is 460 g/mol. The third kappa shape index (κ3) is 5.86. The van der Waals surface area contributed by atoms with E-state index in [0.29, 0.717) is 5.16 Å². The number of rotatable bonds is 10. The number of nitro groups is 1. The van der Waals surface area contributed by atoms with Crippen LogP contribution >= 0.6 is 11.8 Å². The lowest BCUT2D eigenvalue weighted by molar-refractivity contribution is -0.383. The van der Waals surface area contributed by atoms with Gasteiger partial charge in [0, 0.05) is 13.1 Å². The van der Waals surface area contributed by atoms with Gasteiger partial charge in [-0.3, -0.25) is 19.8 Å². The second-order valence-electron chi connectivity index (χ2n) is 7.44. The second-order valence-corrected chi connectivity index (χ2v) is 8.21. The number of benzene rings is 1. The van der Waals surface area contributed by atoms with Crippen molar-refractivity contribution in [2.24, 2.45) is 0 Å². The number of carbonyl (C=O) groups is 1. The van der Waals surface area contributed by atoms with Gasteiger partial charge in [-0.2, -0.15) is 9.97 Å². The van der Waals surface area contributed by atoms with Gasteiger partial charge in [0.2, 0.25) is 11.6 Å². The summed E-state index contributed by atoms with van der Waals surface area (Å²) in [4.78, 5) is 35.9. The van der Waals surface area contributed by atoms with Crippen molar-refractivity contribution in [3.8, 4) is 0 Å². The van der Waals surface area contributed by atoms with E-state index < -0.39 is 16.6 Å². The van der Waals surface area contributed by atoms with Crippen LogP contribution < -0.4 is 10.6 Å². The molecular formula is C21H28N6O4S. The zero-order valence-corrected chi connectivity index (χ0v) is 19.1. The Labute approximate surface area is 191 Å². The van der Waals surface area contributed by atoms with Crippen LogP contribution in [-0.2, 0) is 22.6 Å². The highest BCUT2D eigenvalue weighted by atomic mass is 32.2. The predicted molar refractivity (Wildman–Crippen MR) is 124 cm³/mol. The van der Waals surface area contributed by atoms with Crippen molar-refractivity contribution < 1.29 is 14.5 Å². The van der Waals surface area contributed by atoms with Gasteiger partial charge in [0.1, 0.15) is 6.54 Å². The summed E-state index contributed by atoms with van der Waals surface area (Å²) in [5.74, 6) is -0.721. The van der Waals surface area contributed by atoms with Crippen LogP contribution in [0.4, 0.5) is 17.3 Å². The topological polar surface area (TPSA) is 128 Å². The molecule has 0 unspecified atom stereocenters. The van der Waals surface area contributed by atoms with E-state index in [-0.39, 0.29) is 31.3 Å². The molecule has 172 valence electrons. The molecule has 3 rings (SSSR count). The van der Waals surface area contributed by atoms with E-state index in [0.717, 1.165) is 30.8 Å². The van der Waals surface area contributed by atoms with Crippen molar-refractivity contribution in [2.45, 2.75) is 38.0 Å². The number of aromatic nitrogens is 2. The number of hydrogen-bond donors (Lipinski definition) is 1. The molecule has 2 N–H and O–H groups in total. The highest BCUT2D eigenvalue weighted by molar-refractivity contribution is 7.98. The Morgan fingerprint density at radius 1 is 1.28 bits per heavy atom. The minimum atomic E-state index is -0.608. The molecule has 0 spiro atoms. The van der Waals surface area contributed by atoms with Crippen LogP contribution in [0.1, 0.15) is 30.9 Å². The maximum absolute atomic E-state index is 12.4. The van der Waals surface area contributed by atoms with Crippen molar-refractivity contribution in [3.05, 3.63) is 45.5 Å². The molecule has 1 saturated heterocycles. The van der Waals surface area contributed by atoms with Crippen molar-refractivity contribution in [3.63, 3.8) is 0 Å². The quantitative estimate of drug-likeness (QED) is 0.186. The molecule has 2 heterocycles. The van der Waals surface area contributed by atoms with Gasteiger partial charge in [-0.05, 0) is 50.2 Å². The summed E-state index contributed by atoms with van der Waals surface area (Å²) < 4.78 is 5.12. The summed E-state index contributed by atoms with van der Waals surface area (Å²) in [6.07, 6.45) is 4.12. The molecule has 11 heteroatoms. The third-order valence-electron chi connectivity index (χ3n) is 5.23. The van der Waals surface area contributed by atoms with Gasteiger partial charge < -0.3 is 15.4 Å². The number of anilines is 2. The van der Waals surface area contributed by atoms with E-state index >= 15 is 0 Å². The molecule has 0 aliphatic carbocycles. The molecule has 0 bridgehead atoms. The fraction of sp³-hybridized carbons (Fsp3) is 0.476. The fourth-order valence-corrected chi connectivity index (χ4v) is 4.11. The highest BCUT2D eigenvalue weighted by Crippen LogP contribution is 2.34. The molecule has 1 aromatic carbocycles. The van der Waals surface area contributed by atoms with Crippen LogP contribution in [0.15, 0.2) is 29.4 Å². The molecule has 32 heavy (non-hydrogen) atoms. The lowest BCUT2D eigenvalue weighted by Crippen LogP contribution is -2.33. The van der Waals surface area contributed by atoms with Crippen LogP contribution in [0, 0.1) is 10.1 Å². The van der Waals surface area contributed by atoms with E-state index in [1.807, 2.05) is 24.3 Å². The zero-order chi connectivity index (χ0) is 23.1. The molecule has 1 aromatic heterocycles. The van der Waals surface area contributed by atoms with E-state index in [1.54, 1.807) is 18.1 Å². The summed E-state index contributed by atoms with van der Waals surface area (Å²) in [6, 6.07) is 7.91. The van der Waals surface area contributed by atoms with Gasteiger partial charge >= 0.3 is 11.7 Å². The summed E-state index contributed by atoms with van der Waals surface area (Å²) in [5, 5.41) is 12.1. The Kier molecular flexibility index (Phi) is 8.23. The summed E-state index contributed by atoms with van der Waals surface area (Å²) in [7, 11) is 0. The van der Waals surface area contributed by atoms with Gasteiger partial charge in [0.25, 0.3) is 0 Å². The highest BCUT2D eigenvalue weighted by Gasteiger charge is 2.29. The number of nitrogens with two attached hydrogens (primary N) is 1. The summed E-state index contributed by atoms with van der Waals surface area (Å²) >= 11 is 1.22. The molecule has 10 nitrogen and oxygen atoms in total. The van der Waals surface area contributed by atoms with Gasteiger partial charge in [-0.25, -0.2) is 0 Å². The lowest BCUT2D eigenvalue weighted by Gasteiger charge is -2.25. The van der Waals surface area contributed by atoms with Crippen LogP contribution in [0.2, 0.25) is 0 Å². The van der Waals surface area contributed by atoms with E-state index in [1.165, 1.54) is 24.6 Å². The standard InChI is InChI=1S/C21H28N6O4S/c1-3-31-17(28)14-26(20-18(27(29)30)19(22)23-21(24-20)32-2)13-16-9-5-4-8-15(16)12-25-10-6-7-11-25/h4-5,8-9H,3,6-7,10-14H2,1-2H3,(H2,22,23,24). The van der Waals surface area contributed by atoms with Crippen molar-refractivity contribution >= 4 is 35.1 Å². The molecule has 0 saturated carbocycles. The first-order valence-electron chi connectivity index (χ1n) is 10.5. The van der Waals surface area contributed by atoms with Crippen LogP contribution in [0.5, 0.6) is 0 Å². The van der Waals surface area contributed by atoms with E-state index in [4.69, 9.17) is 10.5 Å². The maximum Gasteiger partial charge on any atom is 0.353 e. The van der Waals surface area contributed by atoms with Gasteiger partial charge in [0.05, 0.1) is 11.5 Å². The summed E-state index contributed by atoms with van der Waals surface area (Å²) in [5.41, 5.74) is 7.56. The third-order valence-corrected chi connectivity index (χ3v) is 5.78. The van der Waals surface area contributed by atoms with Gasteiger partial charge in [0.15, 0.2) is 5.16 Å². The maximum atomic E-state index is 12.4. The van der Waals surface area contributed by atoms with Crippen molar-refractivity contribution in [2.75, 3.05) is 43.1 Å². The zero-order valence-electron chi connectivity index (χ0n) is 18.3. The minimum Gasteiger partial charge on any atom is -0.465 e. The molecular weight excluding hydrogens is 432 g/mol. The number of thioether (sulfide) groups is 1. The first kappa shape index (κ1) is 23.7. The minimum absolute atomic E-state index is 0.0101. The number of ether oxygens (including phenoxy) is 1. The normalized spacial score (nSPS) is 13.8. The van der Waals surface area contributed by atoms with Crippen LogP contribution in [-0.4, -0.2) is 58.3 Å². The largest absolute Gasteiger partial charge is 0.465 e. The lowest BCUT2D eigenvalue weighted by atomic mass is 10.1. The van der Waals surface area contributed by atoms with Crippen molar-refractivity contribution in [1.29, 1.82) is 0 Å². The fourth-order valence-electron chi connectivity index (χ4n) is 3.75. The number of likely N-dealkylation sites (tertiary alicyclic amines) is 1. The smallest absolute Gasteiger partial charge is 0.353 e. The molecule has 1 fully saturated rings. The average Bonchev–Trinajstić information content (AvgIpc) is 3.27. The Morgan fingerprint density at radius 3 is 2.59 bits per heavy atom. The number of hydrogen-bond acceptors (Lipinski definition) is 10. The Morgan fingerprint density at radius 2 is 1.97 bits per heavy atom. The second kappa shape index (κ2) is 11.1. The van der Waals surface area contributed by atoms with Gasteiger partial charge in [-0.1, -0.05) is 36.0 Å². The van der Waals surface area contributed by atoms with Gasteiger partial charge in [-0.15, -0.1) is 0 Å². The molecule has 2 aromatic rings. The predicted octanol–water partition coefficient (Wildman–Crippen LogP) is 2.85. The van der Waals surface area contributed by atoms with E-state index in [2.05, 4.69) is 14.9 Å². The van der Waals surface area contributed by atoms with Crippen molar-refractivity contribution in [1.82, 2.24) is 14.9 Å². The molecule has 1 aliphatic heterocycles. The Bertz CT molecular complexity index is 967. The molecule has 0 atom stereocenters. The molecule has 0 amide bonds. The average molecular weight is 461 g/mol. The molecule has 1 aliphatic rings. The number of esters is 1. The number of nitrogens with zero attached hydrogens (tertiary/aromatic N) is 5. The number of nitrogen functional groups attached to an aromatic ring is 1. The number of carbonyl (C=O) groups excluding carboxylic acids is 1. The van der Waals surface area contributed by atoms with E-state index in [9.17, 15) is 14.9 Å². The first-order valence-corrected chi connectivity index (χ1v) is 11.7. The summed E-state index contributed by atoms with van der Waals surface area (Å²) in [6.45, 7) is 4.85. The van der Waals surface area contributed by atoms with Crippen LogP contribution in [0.3, 0.4) is 0 Å².